The highest BCUT2D eigenvalue weighted by molar-refractivity contribution is 7.51. The second-order valence-electron chi connectivity index (χ2n) is 6.42. The van der Waals surface area contributed by atoms with E-state index in [9.17, 15) is 4.57 Å². The fourth-order valence-electron chi connectivity index (χ4n) is 1.48. The van der Waals surface area contributed by atoms with Gasteiger partial charge in [-0.25, -0.2) is 4.57 Å². The Bertz CT molecular complexity index is 346. The van der Waals surface area contributed by atoms with Crippen molar-refractivity contribution < 1.29 is 13.6 Å². The van der Waals surface area contributed by atoms with Gasteiger partial charge in [0, 0.05) is 17.9 Å². The van der Waals surface area contributed by atoms with Crippen molar-refractivity contribution in [2.75, 3.05) is 13.2 Å². The van der Waals surface area contributed by atoms with Gasteiger partial charge in [-0.05, 0) is 55.4 Å². The van der Waals surface area contributed by atoms with E-state index in [0.717, 1.165) is 0 Å². The lowest BCUT2D eigenvalue weighted by atomic mass is 10.1. The second kappa shape index (κ2) is 7.48. The molecule has 0 N–H and O–H groups in total. The van der Waals surface area contributed by atoms with Gasteiger partial charge in [0.2, 0.25) is 0 Å². The number of rotatable bonds is 7. The summed E-state index contributed by atoms with van der Waals surface area (Å²) in [5.74, 6) is 0. The van der Waals surface area contributed by atoms with Crippen LogP contribution in [0.5, 0.6) is 0 Å². The van der Waals surface area contributed by atoms with E-state index in [0.29, 0.717) is 13.2 Å². The fourth-order valence-corrected chi connectivity index (χ4v) is 3.41. The van der Waals surface area contributed by atoms with Gasteiger partial charge >= 0.3 is 7.75 Å². The van der Waals surface area contributed by atoms with E-state index in [4.69, 9.17) is 9.05 Å². The van der Waals surface area contributed by atoms with Crippen LogP contribution in [0.25, 0.3) is 0 Å². The monoisotopic (exact) mass is 305 g/mol. The summed E-state index contributed by atoms with van der Waals surface area (Å²) < 4.78 is 25.3. The summed E-state index contributed by atoms with van der Waals surface area (Å²) >= 11 is 0. The lowest BCUT2D eigenvalue weighted by Gasteiger charge is -2.38. The molecule has 0 aromatic carbocycles. The van der Waals surface area contributed by atoms with E-state index in [1.165, 1.54) is 0 Å². The standard InChI is InChI=1S/C14H30N2O3P/c1-9-18-20(17,19-10-2)16(14(6,7)8)12-11-15-13(3,4)5/h11-12H,9-10H2,1-8H3/b12-11+. The zero-order valence-electron chi connectivity index (χ0n) is 14.1. The molecule has 5 nitrogen and oxygen atoms in total. The first-order chi connectivity index (χ1) is 8.96. The first kappa shape index (κ1) is 19.5. The maximum atomic E-state index is 12.9. The first-order valence-corrected chi connectivity index (χ1v) is 8.53. The van der Waals surface area contributed by atoms with Crippen LogP contribution in [0.4, 0.5) is 0 Å². The number of hydrogen-bond acceptors (Lipinski definition) is 3. The maximum absolute atomic E-state index is 12.9. The molecule has 0 saturated heterocycles. The molecule has 0 aliphatic carbocycles. The molecule has 6 heteroatoms. The molecule has 119 valence electrons. The van der Waals surface area contributed by atoms with Crippen LogP contribution in [0.3, 0.4) is 0 Å². The van der Waals surface area contributed by atoms with Crippen LogP contribution in [0.1, 0.15) is 55.4 Å². The maximum Gasteiger partial charge on any atom is 0.435 e. The predicted molar refractivity (Wildman–Crippen MR) is 83.5 cm³/mol. The minimum atomic E-state index is -3.35. The molecule has 0 bridgehead atoms. The van der Waals surface area contributed by atoms with Crippen molar-refractivity contribution in [3.05, 3.63) is 12.4 Å². The van der Waals surface area contributed by atoms with Gasteiger partial charge in [0.05, 0.1) is 18.8 Å². The second-order valence-corrected chi connectivity index (χ2v) is 8.30. The Morgan fingerprint density at radius 2 is 1.50 bits per heavy atom. The van der Waals surface area contributed by atoms with Crippen molar-refractivity contribution in [3.63, 3.8) is 0 Å². The van der Waals surface area contributed by atoms with E-state index in [1.54, 1.807) is 30.9 Å². The summed E-state index contributed by atoms with van der Waals surface area (Å²) in [6.45, 7) is 16.1. The van der Waals surface area contributed by atoms with E-state index in [1.807, 2.05) is 41.5 Å². The Labute approximate surface area is 124 Å². The van der Waals surface area contributed by atoms with Gasteiger partial charge in [-0.15, -0.1) is 0 Å². The van der Waals surface area contributed by atoms with E-state index < -0.39 is 13.3 Å². The molecule has 0 unspecified atom stereocenters. The van der Waals surface area contributed by atoms with Gasteiger partial charge in [0.1, 0.15) is 0 Å². The summed E-state index contributed by atoms with van der Waals surface area (Å²) in [7, 11) is -3.35. The Hall–Kier alpha value is -0.510. The predicted octanol–water partition coefficient (Wildman–Crippen LogP) is 4.14. The fraction of sp³-hybridized carbons (Fsp3) is 0.857. The first-order valence-electron chi connectivity index (χ1n) is 7.04. The van der Waals surface area contributed by atoms with Gasteiger partial charge in [-0.2, -0.15) is 0 Å². The quantitative estimate of drug-likeness (QED) is 0.663. The highest BCUT2D eigenvalue weighted by Gasteiger charge is 2.38. The molecule has 0 saturated carbocycles. The minimum Gasteiger partial charge on any atom is -0.292 e. The molecule has 0 rings (SSSR count). The molecule has 0 spiro atoms. The average molecular weight is 305 g/mol. The van der Waals surface area contributed by atoms with Gasteiger partial charge in [-0.3, -0.25) is 19.0 Å². The summed E-state index contributed by atoms with van der Waals surface area (Å²) in [5, 5.41) is 4.39. The van der Waals surface area contributed by atoms with Crippen molar-refractivity contribution in [2.45, 2.75) is 66.5 Å². The molecular formula is C14H30N2O3P. The highest BCUT2D eigenvalue weighted by Crippen LogP contribution is 2.55. The topological polar surface area (TPSA) is 52.9 Å². The Morgan fingerprint density at radius 3 is 1.80 bits per heavy atom. The van der Waals surface area contributed by atoms with E-state index in [2.05, 4.69) is 5.32 Å². The average Bonchev–Trinajstić information content (AvgIpc) is 2.21. The van der Waals surface area contributed by atoms with E-state index in [-0.39, 0.29) is 5.54 Å². The summed E-state index contributed by atoms with van der Waals surface area (Å²) in [6, 6.07) is 0. The van der Waals surface area contributed by atoms with Crippen molar-refractivity contribution in [2.24, 2.45) is 0 Å². The molecule has 0 aliphatic heterocycles. The lowest BCUT2D eigenvalue weighted by Crippen LogP contribution is -2.36. The third-order valence-electron chi connectivity index (χ3n) is 2.21. The zero-order chi connectivity index (χ0) is 16.0. The summed E-state index contributed by atoms with van der Waals surface area (Å²) in [4.78, 5) is 0. The summed E-state index contributed by atoms with van der Waals surface area (Å²) in [6.07, 6.45) is 3.35. The number of hydrogen-bond donors (Lipinski definition) is 0. The third kappa shape index (κ3) is 6.78. The molecule has 1 radical (unpaired) electrons. The smallest absolute Gasteiger partial charge is 0.292 e. The molecule has 0 aromatic rings. The van der Waals surface area contributed by atoms with Crippen LogP contribution in [0.2, 0.25) is 0 Å². The largest absolute Gasteiger partial charge is 0.435 e. The van der Waals surface area contributed by atoms with E-state index >= 15 is 0 Å². The van der Waals surface area contributed by atoms with Gasteiger partial charge in [0.15, 0.2) is 0 Å². The molecule has 0 atom stereocenters. The molecule has 0 amide bonds. The Morgan fingerprint density at radius 1 is 1.05 bits per heavy atom. The molecular weight excluding hydrogens is 275 g/mol. The van der Waals surface area contributed by atoms with Crippen molar-refractivity contribution in [3.8, 4) is 0 Å². The molecule has 20 heavy (non-hydrogen) atoms. The van der Waals surface area contributed by atoms with Crippen molar-refractivity contribution in [1.82, 2.24) is 9.99 Å². The van der Waals surface area contributed by atoms with Gasteiger partial charge in [0.25, 0.3) is 0 Å². The van der Waals surface area contributed by atoms with Crippen LogP contribution < -0.4 is 5.32 Å². The zero-order valence-corrected chi connectivity index (χ0v) is 15.0. The SMILES string of the molecule is CCOP(=O)(OCC)N(/C=C/[N]C(C)(C)C)C(C)(C)C. The molecule has 0 aromatic heterocycles. The Balaban J connectivity index is 5.28. The molecule has 0 fully saturated rings. The highest BCUT2D eigenvalue weighted by atomic mass is 31.2. The number of nitrogens with zero attached hydrogens (tertiary/aromatic N) is 2. The Kier molecular flexibility index (Phi) is 7.29. The van der Waals surface area contributed by atoms with Crippen LogP contribution in [-0.2, 0) is 13.6 Å². The minimum absolute atomic E-state index is 0.179. The molecule has 0 heterocycles. The van der Waals surface area contributed by atoms with Crippen LogP contribution in [0, 0.1) is 0 Å². The molecule has 0 aliphatic rings. The van der Waals surface area contributed by atoms with Crippen LogP contribution in [-0.4, -0.2) is 29.0 Å². The van der Waals surface area contributed by atoms with Crippen molar-refractivity contribution in [1.29, 1.82) is 0 Å². The van der Waals surface area contributed by atoms with Crippen LogP contribution >= 0.6 is 7.75 Å². The van der Waals surface area contributed by atoms with Crippen molar-refractivity contribution >= 4 is 7.75 Å². The van der Waals surface area contributed by atoms with Crippen LogP contribution in [0.15, 0.2) is 12.4 Å². The van der Waals surface area contributed by atoms with Gasteiger partial charge < -0.3 is 0 Å². The third-order valence-corrected chi connectivity index (χ3v) is 4.64. The normalized spacial score (nSPS) is 13.8. The lowest BCUT2D eigenvalue weighted by molar-refractivity contribution is 0.151. The summed E-state index contributed by atoms with van der Waals surface area (Å²) in [5.41, 5.74) is -0.578. The van der Waals surface area contributed by atoms with Gasteiger partial charge in [-0.1, -0.05) is 0 Å².